The van der Waals surface area contributed by atoms with Crippen molar-refractivity contribution in [1.29, 1.82) is 0 Å². The first-order valence-corrected chi connectivity index (χ1v) is 10.1. The second kappa shape index (κ2) is 11.9. The van der Waals surface area contributed by atoms with Crippen molar-refractivity contribution in [2.45, 2.75) is 19.4 Å². The maximum Gasteiger partial charge on any atom is 0.249 e. The van der Waals surface area contributed by atoms with Gasteiger partial charge in [0.2, 0.25) is 11.8 Å². The van der Waals surface area contributed by atoms with Crippen LogP contribution in [0.25, 0.3) is 0 Å². The number of carbonyl (C=O) groups excluding carboxylic acids is 2. The molecule has 2 N–H and O–H groups in total. The minimum absolute atomic E-state index is 0.265. The van der Waals surface area contributed by atoms with E-state index >= 15 is 0 Å². The van der Waals surface area contributed by atoms with Crippen LogP contribution in [0.15, 0.2) is 90.0 Å². The number of hydrogen-bond donors (Lipinski definition) is 2. The molecule has 31 heavy (non-hydrogen) atoms. The molecule has 6 nitrogen and oxygen atoms in total. The van der Waals surface area contributed by atoms with Gasteiger partial charge in [-0.05, 0) is 47.4 Å². The van der Waals surface area contributed by atoms with E-state index in [9.17, 15) is 9.59 Å². The van der Waals surface area contributed by atoms with Gasteiger partial charge < -0.3 is 10.1 Å². The molecule has 2 amide bonds. The first-order valence-electron chi connectivity index (χ1n) is 10.1. The largest absolute Gasteiger partial charge is 0.489 e. The summed E-state index contributed by atoms with van der Waals surface area (Å²) in [5, 5.41) is 6.63. The van der Waals surface area contributed by atoms with Gasteiger partial charge in [0.15, 0.2) is 0 Å². The maximum absolute atomic E-state index is 11.8. The quantitative estimate of drug-likeness (QED) is 0.302. The highest BCUT2D eigenvalue weighted by atomic mass is 16.5. The molecule has 0 aliphatic carbocycles. The normalized spacial score (nSPS) is 10.6. The SMILES string of the molecule is O=C(CC(=O)N/N=C\c1ccc(OCc2ccccc2)cc1)NCCc1ccccc1. The molecule has 0 saturated carbocycles. The van der Waals surface area contributed by atoms with Crippen LogP contribution in [-0.4, -0.2) is 24.6 Å². The molecule has 0 saturated heterocycles. The molecule has 158 valence electrons. The third-order valence-electron chi connectivity index (χ3n) is 4.43. The highest BCUT2D eigenvalue weighted by Crippen LogP contribution is 2.13. The van der Waals surface area contributed by atoms with E-state index in [0.29, 0.717) is 13.2 Å². The van der Waals surface area contributed by atoms with Crippen molar-refractivity contribution >= 4 is 18.0 Å². The fraction of sp³-hybridized carbons (Fsp3) is 0.160. The Kier molecular flexibility index (Phi) is 8.37. The number of ether oxygens (including phenoxy) is 1. The number of carbonyl (C=O) groups is 2. The van der Waals surface area contributed by atoms with Gasteiger partial charge in [0.1, 0.15) is 18.8 Å². The van der Waals surface area contributed by atoms with Crippen LogP contribution in [0.3, 0.4) is 0 Å². The van der Waals surface area contributed by atoms with E-state index in [1.165, 1.54) is 6.21 Å². The van der Waals surface area contributed by atoms with E-state index in [0.717, 1.165) is 28.9 Å². The van der Waals surface area contributed by atoms with Crippen LogP contribution in [0.2, 0.25) is 0 Å². The van der Waals surface area contributed by atoms with E-state index in [4.69, 9.17) is 4.74 Å². The first kappa shape index (κ1) is 21.8. The topological polar surface area (TPSA) is 79.8 Å². The minimum Gasteiger partial charge on any atom is -0.489 e. The predicted molar refractivity (Wildman–Crippen MR) is 121 cm³/mol. The van der Waals surface area contributed by atoms with Crippen LogP contribution in [0, 0.1) is 0 Å². The standard InChI is InChI=1S/C25H25N3O3/c29-24(26-16-15-20-7-3-1-4-8-20)17-25(30)28-27-18-21-11-13-23(14-12-21)31-19-22-9-5-2-6-10-22/h1-14,18H,15-17,19H2,(H,26,29)(H,28,30)/b27-18-. The maximum atomic E-state index is 11.8. The van der Waals surface area contributed by atoms with Gasteiger partial charge in [-0.15, -0.1) is 0 Å². The number of nitrogens with one attached hydrogen (secondary N) is 2. The highest BCUT2D eigenvalue weighted by Gasteiger charge is 2.07. The Morgan fingerprint density at radius 2 is 1.45 bits per heavy atom. The number of rotatable bonds is 10. The second-order valence-electron chi connectivity index (χ2n) is 6.90. The summed E-state index contributed by atoms with van der Waals surface area (Å²) in [5.41, 5.74) is 5.41. The van der Waals surface area contributed by atoms with Crippen molar-refractivity contribution in [3.63, 3.8) is 0 Å². The Morgan fingerprint density at radius 1 is 0.806 bits per heavy atom. The van der Waals surface area contributed by atoms with E-state index < -0.39 is 5.91 Å². The molecular weight excluding hydrogens is 390 g/mol. The zero-order chi connectivity index (χ0) is 21.7. The molecule has 3 rings (SSSR count). The summed E-state index contributed by atoms with van der Waals surface area (Å²) in [6, 6.07) is 27.1. The van der Waals surface area contributed by atoms with Gasteiger partial charge in [-0.3, -0.25) is 9.59 Å². The Morgan fingerprint density at radius 3 is 2.13 bits per heavy atom. The highest BCUT2D eigenvalue weighted by molar-refractivity contribution is 5.97. The number of hydrazone groups is 1. The summed E-state index contributed by atoms with van der Waals surface area (Å²) in [7, 11) is 0. The Hall–Kier alpha value is -3.93. The van der Waals surface area contributed by atoms with Crippen molar-refractivity contribution in [2.75, 3.05) is 6.54 Å². The summed E-state index contributed by atoms with van der Waals surface area (Å²) in [5.74, 6) is -0.0444. The molecule has 0 atom stereocenters. The lowest BCUT2D eigenvalue weighted by Crippen LogP contribution is -2.31. The zero-order valence-corrected chi connectivity index (χ0v) is 17.2. The summed E-state index contributed by atoms with van der Waals surface area (Å²) in [6.07, 6.45) is 1.97. The van der Waals surface area contributed by atoms with E-state index in [1.807, 2.05) is 84.9 Å². The molecule has 0 aliphatic rings. The number of amides is 2. The molecule has 6 heteroatoms. The van der Waals surface area contributed by atoms with E-state index in [1.54, 1.807) is 0 Å². The molecule has 3 aromatic rings. The van der Waals surface area contributed by atoms with Crippen LogP contribution in [0.4, 0.5) is 0 Å². The van der Waals surface area contributed by atoms with Gasteiger partial charge in [0.05, 0.1) is 6.21 Å². The smallest absolute Gasteiger partial charge is 0.249 e. The van der Waals surface area contributed by atoms with Crippen molar-refractivity contribution in [3.8, 4) is 5.75 Å². The molecule has 3 aromatic carbocycles. The van der Waals surface area contributed by atoms with Gasteiger partial charge in [-0.2, -0.15) is 5.10 Å². The zero-order valence-electron chi connectivity index (χ0n) is 17.2. The molecule has 0 bridgehead atoms. The molecule has 0 radical (unpaired) electrons. The van der Waals surface area contributed by atoms with Crippen LogP contribution < -0.4 is 15.5 Å². The Labute approximate surface area is 182 Å². The predicted octanol–water partition coefficient (Wildman–Crippen LogP) is 3.46. The fourth-order valence-electron chi connectivity index (χ4n) is 2.81. The average Bonchev–Trinajstić information content (AvgIpc) is 2.80. The van der Waals surface area contributed by atoms with Gasteiger partial charge in [0.25, 0.3) is 0 Å². The number of hydrogen-bond acceptors (Lipinski definition) is 4. The molecular formula is C25H25N3O3. The third kappa shape index (κ3) is 8.14. The van der Waals surface area contributed by atoms with Gasteiger partial charge in [0, 0.05) is 6.54 Å². The van der Waals surface area contributed by atoms with Crippen LogP contribution in [-0.2, 0) is 22.6 Å². The van der Waals surface area contributed by atoms with Gasteiger partial charge >= 0.3 is 0 Å². The van der Waals surface area contributed by atoms with Gasteiger partial charge in [-0.25, -0.2) is 5.43 Å². The lowest BCUT2D eigenvalue weighted by atomic mass is 10.1. The summed E-state index contributed by atoms with van der Waals surface area (Å²) >= 11 is 0. The Bertz CT molecular complexity index is 988. The van der Waals surface area contributed by atoms with E-state index in [2.05, 4.69) is 15.8 Å². The van der Waals surface area contributed by atoms with Gasteiger partial charge in [-0.1, -0.05) is 60.7 Å². The molecule has 0 unspecified atom stereocenters. The van der Waals surface area contributed by atoms with E-state index in [-0.39, 0.29) is 12.3 Å². The number of nitrogens with zero attached hydrogens (tertiary/aromatic N) is 1. The van der Waals surface area contributed by atoms with Crippen molar-refractivity contribution in [2.24, 2.45) is 5.10 Å². The monoisotopic (exact) mass is 415 g/mol. The summed E-state index contributed by atoms with van der Waals surface area (Å²) in [4.78, 5) is 23.7. The second-order valence-corrected chi connectivity index (χ2v) is 6.90. The fourth-order valence-corrected chi connectivity index (χ4v) is 2.81. The molecule has 0 spiro atoms. The lowest BCUT2D eigenvalue weighted by Gasteiger charge is -2.06. The van der Waals surface area contributed by atoms with Crippen LogP contribution in [0.1, 0.15) is 23.1 Å². The first-order chi connectivity index (χ1) is 15.2. The van der Waals surface area contributed by atoms with Crippen molar-refractivity contribution < 1.29 is 14.3 Å². The van der Waals surface area contributed by atoms with Crippen molar-refractivity contribution in [3.05, 3.63) is 102 Å². The molecule has 0 heterocycles. The lowest BCUT2D eigenvalue weighted by molar-refractivity contribution is -0.129. The third-order valence-corrected chi connectivity index (χ3v) is 4.43. The average molecular weight is 415 g/mol. The summed E-state index contributed by atoms with van der Waals surface area (Å²) in [6.45, 7) is 0.982. The molecule has 0 aromatic heterocycles. The van der Waals surface area contributed by atoms with Crippen LogP contribution in [0.5, 0.6) is 5.75 Å². The minimum atomic E-state index is -0.462. The molecule has 0 fully saturated rings. The van der Waals surface area contributed by atoms with Crippen LogP contribution >= 0.6 is 0 Å². The Balaban J connectivity index is 1.34. The van der Waals surface area contributed by atoms with Crippen molar-refractivity contribution in [1.82, 2.24) is 10.7 Å². The number of benzene rings is 3. The summed E-state index contributed by atoms with van der Waals surface area (Å²) < 4.78 is 5.74. The molecule has 0 aliphatic heterocycles.